The molecule has 96 valence electrons. The van der Waals surface area contributed by atoms with Crippen LogP contribution in [0.5, 0.6) is 0 Å². The van der Waals surface area contributed by atoms with Gasteiger partial charge < -0.3 is 10.0 Å². The van der Waals surface area contributed by atoms with Gasteiger partial charge in [-0.3, -0.25) is 9.48 Å². The first kappa shape index (κ1) is 13.7. The topological polar surface area (TPSA) is 58.4 Å². The van der Waals surface area contributed by atoms with E-state index in [9.17, 15) is 4.79 Å². The minimum absolute atomic E-state index is 0.00519. The van der Waals surface area contributed by atoms with Crippen LogP contribution in [0, 0.1) is 6.92 Å². The molecule has 0 bridgehead atoms. The molecule has 1 N–H and O–H groups in total. The number of hydrogen-bond acceptors (Lipinski definition) is 3. The van der Waals surface area contributed by atoms with Crippen molar-refractivity contribution in [3.05, 3.63) is 17.5 Å². The summed E-state index contributed by atoms with van der Waals surface area (Å²) in [5, 5.41) is 13.2. The molecule has 0 saturated heterocycles. The van der Waals surface area contributed by atoms with Crippen LogP contribution in [0.15, 0.2) is 6.20 Å². The van der Waals surface area contributed by atoms with Gasteiger partial charge in [0.1, 0.15) is 0 Å². The van der Waals surface area contributed by atoms with E-state index in [-0.39, 0.29) is 12.5 Å². The Balaban J connectivity index is 2.79. The molecular weight excluding hydrogens is 218 g/mol. The number of carbonyl (C=O) groups is 1. The molecule has 0 spiro atoms. The zero-order valence-corrected chi connectivity index (χ0v) is 10.8. The van der Waals surface area contributed by atoms with E-state index in [1.54, 1.807) is 22.8 Å². The second-order valence-corrected chi connectivity index (χ2v) is 4.17. The SMILES string of the molecule is CCCCN(CCO)C(=O)c1cn(C)nc1C. The quantitative estimate of drug-likeness (QED) is 0.804. The Bertz CT molecular complexity index is 374. The number of aromatic nitrogens is 2. The van der Waals surface area contributed by atoms with E-state index in [4.69, 9.17) is 5.11 Å². The van der Waals surface area contributed by atoms with Gasteiger partial charge in [0.15, 0.2) is 0 Å². The summed E-state index contributed by atoms with van der Waals surface area (Å²) < 4.78 is 1.64. The standard InChI is InChI=1S/C12H21N3O2/c1-4-5-6-15(7-8-16)12(17)11-9-14(3)13-10(11)2/h9,16H,4-8H2,1-3H3. The van der Waals surface area contributed by atoms with Crippen LogP contribution in [0.25, 0.3) is 0 Å². The largest absolute Gasteiger partial charge is 0.395 e. The summed E-state index contributed by atoms with van der Waals surface area (Å²) in [4.78, 5) is 13.9. The molecule has 0 aromatic carbocycles. The molecule has 0 atom stereocenters. The first-order valence-corrected chi connectivity index (χ1v) is 6.00. The Morgan fingerprint density at radius 2 is 2.24 bits per heavy atom. The van der Waals surface area contributed by atoms with Crippen molar-refractivity contribution in [3.8, 4) is 0 Å². The van der Waals surface area contributed by atoms with Crippen LogP contribution in [0.1, 0.15) is 35.8 Å². The van der Waals surface area contributed by atoms with E-state index in [0.29, 0.717) is 18.7 Å². The van der Waals surface area contributed by atoms with E-state index < -0.39 is 0 Å². The van der Waals surface area contributed by atoms with E-state index in [0.717, 1.165) is 18.5 Å². The number of amides is 1. The summed E-state index contributed by atoms with van der Waals surface area (Å²) in [7, 11) is 1.80. The summed E-state index contributed by atoms with van der Waals surface area (Å²) in [5.41, 5.74) is 1.36. The van der Waals surface area contributed by atoms with Crippen LogP contribution < -0.4 is 0 Å². The lowest BCUT2D eigenvalue weighted by molar-refractivity contribution is 0.0718. The predicted molar refractivity (Wildman–Crippen MR) is 65.8 cm³/mol. The molecule has 0 aliphatic rings. The van der Waals surface area contributed by atoms with Gasteiger partial charge in [0.2, 0.25) is 0 Å². The van der Waals surface area contributed by atoms with Gasteiger partial charge >= 0.3 is 0 Å². The van der Waals surface area contributed by atoms with Crippen LogP contribution in [-0.2, 0) is 7.05 Å². The van der Waals surface area contributed by atoms with Gasteiger partial charge in [0.05, 0.1) is 17.9 Å². The Kier molecular flexibility index (Phi) is 5.15. The summed E-state index contributed by atoms with van der Waals surface area (Å²) in [6.07, 6.45) is 3.71. The second-order valence-electron chi connectivity index (χ2n) is 4.17. The lowest BCUT2D eigenvalue weighted by Gasteiger charge is -2.21. The number of aliphatic hydroxyl groups is 1. The molecule has 0 unspecified atom stereocenters. The van der Waals surface area contributed by atoms with Gasteiger partial charge in [0.25, 0.3) is 5.91 Å². The molecule has 1 aromatic heterocycles. The van der Waals surface area contributed by atoms with E-state index in [1.165, 1.54) is 0 Å². The van der Waals surface area contributed by atoms with Crippen molar-refractivity contribution in [1.29, 1.82) is 0 Å². The van der Waals surface area contributed by atoms with Gasteiger partial charge in [-0.1, -0.05) is 13.3 Å². The van der Waals surface area contributed by atoms with Crippen LogP contribution in [0.3, 0.4) is 0 Å². The molecule has 1 amide bonds. The monoisotopic (exact) mass is 239 g/mol. The van der Waals surface area contributed by atoms with Crippen LogP contribution in [-0.4, -0.2) is 45.4 Å². The maximum absolute atomic E-state index is 12.2. The average molecular weight is 239 g/mol. The van der Waals surface area contributed by atoms with Crippen molar-refractivity contribution < 1.29 is 9.90 Å². The molecule has 5 heteroatoms. The fourth-order valence-electron chi connectivity index (χ4n) is 1.76. The molecule has 0 fully saturated rings. The van der Waals surface area contributed by atoms with Crippen molar-refractivity contribution in [1.82, 2.24) is 14.7 Å². The van der Waals surface area contributed by atoms with Crippen molar-refractivity contribution >= 4 is 5.91 Å². The predicted octanol–water partition coefficient (Wildman–Crippen LogP) is 0.963. The van der Waals surface area contributed by atoms with Gasteiger partial charge in [-0.25, -0.2) is 0 Å². The van der Waals surface area contributed by atoms with Crippen LogP contribution >= 0.6 is 0 Å². The second kappa shape index (κ2) is 6.39. The highest BCUT2D eigenvalue weighted by molar-refractivity contribution is 5.95. The van der Waals surface area contributed by atoms with E-state index in [2.05, 4.69) is 12.0 Å². The highest BCUT2D eigenvalue weighted by Crippen LogP contribution is 2.09. The van der Waals surface area contributed by atoms with E-state index >= 15 is 0 Å². The molecule has 1 aromatic rings. The van der Waals surface area contributed by atoms with Crippen molar-refractivity contribution in [2.75, 3.05) is 19.7 Å². The molecule has 0 aliphatic carbocycles. The third-order valence-corrected chi connectivity index (χ3v) is 2.68. The maximum atomic E-state index is 12.2. The fraction of sp³-hybridized carbons (Fsp3) is 0.667. The van der Waals surface area contributed by atoms with Gasteiger partial charge in [-0.05, 0) is 13.3 Å². The lowest BCUT2D eigenvalue weighted by Crippen LogP contribution is -2.34. The van der Waals surface area contributed by atoms with Crippen LogP contribution in [0.2, 0.25) is 0 Å². The molecular formula is C12H21N3O2. The summed E-state index contributed by atoms with van der Waals surface area (Å²) in [6, 6.07) is 0. The Morgan fingerprint density at radius 1 is 1.53 bits per heavy atom. The summed E-state index contributed by atoms with van der Waals surface area (Å²) in [5.74, 6) is -0.0434. The minimum atomic E-state index is -0.0434. The number of aliphatic hydroxyl groups excluding tert-OH is 1. The first-order valence-electron chi connectivity index (χ1n) is 6.00. The number of nitrogens with zero attached hydrogens (tertiary/aromatic N) is 3. The summed E-state index contributed by atoms with van der Waals surface area (Å²) in [6.45, 7) is 4.97. The number of unbranched alkanes of at least 4 members (excludes halogenated alkanes) is 1. The third-order valence-electron chi connectivity index (χ3n) is 2.68. The zero-order valence-electron chi connectivity index (χ0n) is 10.8. The molecule has 1 rings (SSSR count). The number of aryl methyl sites for hydroxylation is 2. The Hall–Kier alpha value is -1.36. The van der Waals surface area contributed by atoms with Crippen LogP contribution in [0.4, 0.5) is 0 Å². The molecule has 0 aliphatic heterocycles. The normalized spacial score (nSPS) is 10.6. The van der Waals surface area contributed by atoms with Gasteiger partial charge in [-0.2, -0.15) is 5.10 Å². The molecule has 1 heterocycles. The molecule has 5 nitrogen and oxygen atoms in total. The third kappa shape index (κ3) is 3.56. The molecule has 0 saturated carbocycles. The first-order chi connectivity index (χ1) is 8.10. The summed E-state index contributed by atoms with van der Waals surface area (Å²) >= 11 is 0. The molecule has 0 radical (unpaired) electrons. The number of carbonyl (C=O) groups excluding carboxylic acids is 1. The zero-order chi connectivity index (χ0) is 12.8. The van der Waals surface area contributed by atoms with Gasteiger partial charge in [0, 0.05) is 26.3 Å². The smallest absolute Gasteiger partial charge is 0.257 e. The van der Waals surface area contributed by atoms with Crippen molar-refractivity contribution in [2.45, 2.75) is 26.7 Å². The maximum Gasteiger partial charge on any atom is 0.257 e. The molecule has 17 heavy (non-hydrogen) atoms. The highest BCUT2D eigenvalue weighted by Gasteiger charge is 2.18. The number of hydrogen-bond donors (Lipinski definition) is 1. The number of rotatable bonds is 6. The minimum Gasteiger partial charge on any atom is -0.395 e. The fourth-order valence-corrected chi connectivity index (χ4v) is 1.76. The lowest BCUT2D eigenvalue weighted by atomic mass is 10.2. The Morgan fingerprint density at radius 3 is 2.71 bits per heavy atom. The average Bonchev–Trinajstić information content (AvgIpc) is 2.63. The Labute approximate surface area is 102 Å². The van der Waals surface area contributed by atoms with Crippen molar-refractivity contribution in [3.63, 3.8) is 0 Å². The van der Waals surface area contributed by atoms with Gasteiger partial charge in [-0.15, -0.1) is 0 Å². The van der Waals surface area contributed by atoms with E-state index in [1.807, 2.05) is 6.92 Å². The van der Waals surface area contributed by atoms with Crippen molar-refractivity contribution in [2.24, 2.45) is 7.05 Å². The highest BCUT2D eigenvalue weighted by atomic mass is 16.3.